The van der Waals surface area contributed by atoms with Crippen molar-refractivity contribution in [1.29, 1.82) is 5.26 Å². The maximum Gasteiger partial charge on any atom is 0.410 e. The molecule has 2 rings (SSSR count). The van der Waals surface area contributed by atoms with Crippen molar-refractivity contribution in [2.45, 2.75) is 46.6 Å². The minimum absolute atomic E-state index is 0.290. The van der Waals surface area contributed by atoms with E-state index >= 15 is 0 Å². The molecule has 132 valence electrons. The van der Waals surface area contributed by atoms with E-state index in [1.807, 2.05) is 39.0 Å². The molecule has 25 heavy (non-hydrogen) atoms. The van der Waals surface area contributed by atoms with E-state index in [4.69, 9.17) is 4.74 Å². The van der Waals surface area contributed by atoms with Crippen molar-refractivity contribution in [1.82, 2.24) is 4.90 Å². The van der Waals surface area contributed by atoms with E-state index < -0.39 is 5.60 Å². The van der Waals surface area contributed by atoms with Crippen LogP contribution < -0.4 is 0 Å². The number of rotatable bonds is 2. The number of nitrogens with zero attached hydrogens (tertiary/aromatic N) is 2. The highest BCUT2D eigenvalue weighted by atomic mass is 16.6. The lowest BCUT2D eigenvalue weighted by Gasteiger charge is -2.29. The van der Waals surface area contributed by atoms with E-state index in [0.29, 0.717) is 25.1 Å². The molecule has 4 heteroatoms. The van der Waals surface area contributed by atoms with Gasteiger partial charge in [0.1, 0.15) is 5.60 Å². The van der Waals surface area contributed by atoms with E-state index in [9.17, 15) is 10.1 Å². The van der Waals surface area contributed by atoms with Crippen LogP contribution >= 0.6 is 0 Å². The van der Waals surface area contributed by atoms with Gasteiger partial charge in [0, 0.05) is 13.1 Å². The Hall–Kier alpha value is -2.54. The zero-order valence-electron chi connectivity index (χ0n) is 15.7. The summed E-state index contributed by atoms with van der Waals surface area (Å²) in [7, 11) is 0. The van der Waals surface area contributed by atoms with Gasteiger partial charge < -0.3 is 9.64 Å². The zero-order chi connectivity index (χ0) is 18.6. The number of nitriles is 1. The first kappa shape index (κ1) is 18.8. The van der Waals surface area contributed by atoms with E-state index in [2.05, 4.69) is 32.1 Å². The normalized spacial score (nSPS) is 14.4. The maximum absolute atomic E-state index is 12.2. The number of hydrogen-bond donors (Lipinski definition) is 0. The number of ether oxygens (including phenoxy) is 1. The molecule has 1 aromatic rings. The van der Waals surface area contributed by atoms with Crippen molar-refractivity contribution in [2.24, 2.45) is 0 Å². The van der Waals surface area contributed by atoms with Crippen LogP contribution in [-0.4, -0.2) is 29.7 Å². The third-order valence-electron chi connectivity index (χ3n) is 3.83. The Kier molecular flexibility index (Phi) is 5.69. The highest BCUT2D eigenvalue weighted by molar-refractivity contribution is 5.76. The average Bonchev–Trinajstić information content (AvgIpc) is 2.53. The Labute approximate surface area is 150 Å². The Bertz CT molecular complexity index is 757. The molecule has 0 aliphatic carbocycles. The van der Waals surface area contributed by atoms with Crippen LogP contribution in [0.15, 0.2) is 29.8 Å². The number of hydrogen-bond acceptors (Lipinski definition) is 3. The second-order valence-electron chi connectivity index (χ2n) is 7.54. The highest BCUT2D eigenvalue weighted by Crippen LogP contribution is 2.27. The molecule has 1 amide bonds. The summed E-state index contributed by atoms with van der Waals surface area (Å²) in [5, 5.41) is 9.41. The molecule has 1 aromatic carbocycles. The van der Waals surface area contributed by atoms with E-state index in [1.54, 1.807) is 4.90 Å². The first-order valence-electron chi connectivity index (χ1n) is 8.56. The Balaban J connectivity index is 2.22. The third kappa shape index (κ3) is 5.22. The Morgan fingerprint density at radius 2 is 2.04 bits per heavy atom. The highest BCUT2D eigenvalue weighted by Gasteiger charge is 2.24. The molecule has 0 bridgehead atoms. The van der Waals surface area contributed by atoms with E-state index in [1.165, 1.54) is 5.57 Å². The average molecular weight is 338 g/mol. The monoisotopic (exact) mass is 338 g/mol. The second kappa shape index (κ2) is 7.57. The number of allylic oxidation sites excluding steroid dienone is 1. The molecule has 0 atom stereocenters. The van der Waals surface area contributed by atoms with Gasteiger partial charge in [0.2, 0.25) is 0 Å². The lowest BCUT2D eigenvalue weighted by atomic mass is 9.93. The van der Waals surface area contributed by atoms with Crippen LogP contribution in [0.4, 0.5) is 4.79 Å². The fraction of sp³-hybridized carbons (Fsp3) is 0.429. The van der Waals surface area contributed by atoms with Crippen LogP contribution in [0.2, 0.25) is 0 Å². The van der Waals surface area contributed by atoms with Crippen LogP contribution in [0.1, 0.15) is 57.7 Å². The summed E-state index contributed by atoms with van der Waals surface area (Å²) in [5.74, 6) is 0. The summed E-state index contributed by atoms with van der Waals surface area (Å²) >= 11 is 0. The fourth-order valence-electron chi connectivity index (χ4n) is 2.75. The summed E-state index contributed by atoms with van der Waals surface area (Å²) < 4.78 is 5.42. The zero-order valence-corrected chi connectivity index (χ0v) is 15.7. The molecule has 0 spiro atoms. The number of carbonyl (C=O) groups is 1. The predicted molar refractivity (Wildman–Crippen MR) is 101 cm³/mol. The van der Waals surface area contributed by atoms with Crippen molar-refractivity contribution in [2.75, 3.05) is 13.1 Å². The maximum atomic E-state index is 12.2. The summed E-state index contributed by atoms with van der Waals surface area (Å²) in [5.41, 5.74) is 4.55. The van der Waals surface area contributed by atoms with Gasteiger partial charge in [-0.2, -0.15) is 5.26 Å². The minimum Gasteiger partial charge on any atom is -0.444 e. The van der Waals surface area contributed by atoms with Crippen molar-refractivity contribution in [3.8, 4) is 6.07 Å². The molecule has 0 fully saturated rings. The smallest absolute Gasteiger partial charge is 0.410 e. The summed E-state index contributed by atoms with van der Waals surface area (Å²) in [6.45, 7) is 10.8. The van der Waals surface area contributed by atoms with Crippen LogP contribution in [0, 0.1) is 11.3 Å². The van der Waals surface area contributed by atoms with Crippen molar-refractivity contribution in [3.63, 3.8) is 0 Å². The van der Waals surface area contributed by atoms with Crippen LogP contribution in [0.25, 0.3) is 11.6 Å². The lowest BCUT2D eigenvalue weighted by molar-refractivity contribution is 0.0270. The molecule has 1 aliphatic rings. The third-order valence-corrected chi connectivity index (χ3v) is 3.83. The van der Waals surface area contributed by atoms with Gasteiger partial charge in [0.15, 0.2) is 0 Å². The minimum atomic E-state index is -0.492. The first-order chi connectivity index (χ1) is 11.7. The number of amides is 1. The number of benzene rings is 1. The SMILES string of the molecule is CC(C)=Cc1ccc(C#N)c(C2=CCN(C(=O)OC(C)(C)C)CC2)c1. The van der Waals surface area contributed by atoms with Crippen LogP contribution in [0.3, 0.4) is 0 Å². The lowest BCUT2D eigenvalue weighted by Crippen LogP contribution is -2.39. The fourth-order valence-corrected chi connectivity index (χ4v) is 2.75. The van der Waals surface area contributed by atoms with Crippen molar-refractivity contribution < 1.29 is 9.53 Å². The van der Waals surface area contributed by atoms with Crippen LogP contribution in [-0.2, 0) is 4.74 Å². The molecule has 0 saturated heterocycles. The standard InChI is InChI=1S/C21H26N2O2/c1-15(2)12-16-6-7-18(14-22)19(13-16)17-8-10-23(11-9-17)20(24)25-21(3,4)5/h6-8,12-13H,9-11H2,1-5H3. The van der Waals surface area contributed by atoms with Gasteiger partial charge in [-0.15, -0.1) is 0 Å². The Morgan fingerprint density at radius 1 is 1.32 bits per heavy atom. The summed E-state index contributed by atoms with van der Waals surface area (Å²) in [4.78, 5) is 13.9. The molecule has 0 saturated carbocycles. The second-order valence-corrected chi connectivity index (χ2v) is 7.54. The largest absolute Gasteiger partial charge is 0.444 e. The molecule has 0 N–H and O–H groups in total. The van der Waals surface area contributed by atoms with Gasteiger partial charge >= 0.3 is 6.09 Å². The quantitative estimate of drug-likeness (QED) is 0.762. The van der Waals surface area contributed by atoms with Crippen molar-refractivity contribution in [3.05, 3.63) is 46.5 Å². The van der Waals surface area contributed by atoms with Gasteiger partial charge in [0.25, 0.3) is 0 Å². The molecule has 4 nitrogen and oxygen atoms in total. The van der Waals surface area contributed by atoms with Crippen LogP contribution in [0.5, 0.6) is 0 Å². The molecular weight excluding hydrogens is 312 g/mol. The predicted octanol–water partition coefficient (Wildman–Crippen LogP) is 5.01. The van der Waals surface area contributed by atoms with Gasteiger partial charge in [-0.05, 0) is 69.9 Å². The molecule has 0 aromatic heterocycles. The van der Waals surface area contributed by atoms with Crippen molar-refractivity contribution >= 4 is 17.7 Å². The molecular formula is C21H26N2O2. The topological polar surface area (TPSA) is 53.3 Å². The van der Waals surface area contributed by atoms with Gasteiger partial charge in [-0.3, -0.25) is 0 Å². The molecule has 0 radical (unpaired) electrons. The van der Waals surface area contributed by atoms with Gasteiger partial charge in [-0.25, -0.2) is 4.79 Å². The van der Waals surface area contributed by atoms with Gasteiger partial charge in [0.05, 0.1) is 11.6 Å². The van der Waals surface area contributed by atoms with E-state index in [0.717, 1.165) is 16.7 Å². The van der Waals surface area contributed by atoms with E-state index in [-0.39, 0.29) is 6.09 Å². The first-order valence-corrected chi connectivity index (χ1v) is 8.56. The Morgan fingerprint density at radius 3 is 2.56 bits per heavy atom. The molecule has 1 heterocycles. The molecule has 0 unspecified atom stereocenters. The molecule has 1 aliphatic heterocycles. The number of carbonyl (C=O) groups excluding carboxylic acids is 1. The summed E-state index contributed by atoms with van der Waals surface area (Å²) in [6, 6.07) is 8.16. The summed E-state index contributed by atoms with van der Waals surface area (Å²) in [6.07, 6.45) is 4.55. The van der Waals surface area contributed by atoms with Gasteiger partial charge in [-0.1, -0.05) is 23.8 Å².